The van der Waals surface area contributed by atoms with Crippen LogP contribution in [0, 0.1) is 20.2 Å². The molecule has 0 amide bonds. The fourth-order valence-corrected chi connectivity index (χ4v) is 3.61. The number of nitrogens with zero attached hydrogens (tertiary/aromatic N) is 4. The Morgan fingerprint density at radius 2 is 0.868 bits per heavy atom. The number of allylic oxidation sites excluding steroid dienone is 4. The Balaban J connectivity index is 1.81. The molecule has 3 aromatic rings. The first-order valence-corrected chi connectivity index (χ1v) is 11.9. The van der Waals surface area contributed by atoms with E-state index in [0.717, 1.165) is 22.5 Å². The zero-order valence-corrected chi connectivity index (χ0v) is 21.8. The monoisotopic (exact) mass is 510 g/mol. The third kappa shape index (κ3) is 7.51. The summed E-state index contributed by atoms with van der Waals surface area (Å²) in [5.74, 6) is 0. The van der Waals surface area contributed by atoms with Crippen molar-refractivity contribution >= 4 is 47.1 Å². The molecule has 8 nitrogen and oxygen atoms in total. The highest BCUT2D eigenvalue weighted by Gasteiger charge is 2.21. The maximum absolute atomic E-state index is 11.7. The fourth-order valence-electron chi connectivity index (χ4n) is 3.61. The first-order chi connectivity index (χ1) is 18.2. The number of benzene rings is 3. The maximum Gasteiger partial charge on any atom is 0.277 e. The topological polar surface area (TPSA) is 92.8 Å². The van der Waals surface area contributed by atoms with Gasteiger partial charge < -0.3 is 9.80 Å². The van der Waals surface area contributed by atoms with Crippen molar-refractivity contribution in [2.45, 2.75) is 0 Å². The molecule has 0 saturated carbocycles. The van der Waals surface area contributed by atoms with Gasteiger partial charge in [0.25, 0.3) is 11.4 Å². The number of rotatable bonds is 10. The van der Waals surface area contributed by atoms with Crippen LogP contribution in [0.3, 0.4) is 0 Å². The van der Waals surface area contributed by atoms with E-state index in [2.05, 4.69) is 0 Å². The summed E-state index contributed by atoms with van der Waals surface area (Å²) < 4.78 is 0. The van der Waals surface area contributed by atoms with Crippen molar-refractivity contribution in [3.8, 4) is 0 Å². The molecule has 0 spiro atoms. The van der Waals surface area contributed by atoms with Gasteiger partial charge in [0.1, 0.15) is 0 Å². The van der Waals surface area contributed by atoms with Crippen LogP contribution in [0.2, 0.25) is 0 Å². The first kappa shape index (κ1) is 27.6. The van der Waals surface area contributed by atoms with Crippen LogP contribution < -0.4 is 9.80 Å². The summed E-state index contributed by atoms with van der Waals surface area (Å²) in [7, 11) is 7.84. The Kier molecular flexibility index (Phi) is 9.31. The van der Waals surface area contributed by atoms with Gasteiger partial charge in [0.2, 0.25) is 0 Å². The van der Waals surface area contributed by atoms with Crippen LogP contribution >= 0.6 is 0 Å². The standard InChI is InChI=1S/C30H30N4O4/c1-31(2)27-17-13-23(14-18-27)9-5-7-11-25-21-30(34(37)38)26(22-29(25)33(35)36)12-8-6-10-24-15-19-28(20-16-24)32(3)4/h5-22H,1-4H3. The Labute approximate surface area is 222 Å². The minimum Gasteiger partial charge on any atom is -0.378 e. The second kappa shape index (κ2) is 12.8. The molecule has 0 saturated heterocycles. The molecule has 0 aliphatic rings. The zero-order chi connectivity index (χ0) is 27.7. The minimum atomic E-state index is -0.535. The van der Waals surface area contributed by atoms with E-state index in [-0.39, 0.29) is 22.5 Å². The van der Waals surface area contributed by atoms with E-state index in [9.17, 15) is 20.2 Å². The zero-order valence-electron chi connectivity index (χ0n) is 21.8. The van der Waals surface area contributed by atoms with Gasteiger partial charge in [-0.1, -0.05) is 60.7 Å². The molecule has 8 heteroatoms. The highest BCUT2D eigenvalue weighted by atomic mass is 16.6. The van der Waals surface area contributed by atoms with E-state index in [1.165, 1.54) is 24.3 Å². The van der Waals surface area contributed by atoms with Gasteiger partial charge in [-0.15, -0.1) is 0 Å². The third-order valence-electron chi connectivity index (χ3n) is 5.74. The van der Waals surface area contributed by atoms with Crippen LogP contribution in [0.4, 0.5) is 22.7 Å². The Bertz CT molecular complexity index is 1290. The molecule has 3 aromatic carbocycles. The van der Waals surface area contributed by atoms with E-state index in [1.54, 1.807) is 24.3 Å². The third-order valence-corrected chi connectivity index (χ3v) is 5.74. The van der Waals surface area contributed by atoms with E-state index in [0.29, 0.717) is 0 Å². The molecular formula is C30H30N4O4. The summed E-state index contributed by atoms with van der Waals surface area (Å²) in [6, 6.07) is 18.3. The van der Waals surface area contributed by atoms with Gasteiger partial charge in [0.15, 0.2) is 0 Å². The molecule has 0 aliphatic carbocycles. The number of nitro benzene ring substituents is 2. The van der Waals surface area contributed by atoms with Crippen LogP contribution in [0.5, 0.6) is 0 Å². The highest BCUT2D eigenvalue weighted by molar-refractivity contribution is 5.74. The highest BCUT2D eigenvalue weighted by Crippen LogP contribution is 2.31. The van der Waals surface area contributed by atoms with Gasteiger partial charge in [0, 0.05) is 51.7 Å². The van der Waals surface area contributed by atoms with E-state index in [4.69, 9.17) is 0 Å². The summed E-state index contributed by atoms with van der Waals surface area (Å²) in [5, 5.41) is 23.4. The number of hydrogen-bond acceptors (Lipinski definition) is 6. The molecule has 0 heterocycles. The molecule has 0 fully saturated rings. The van der Waals surface area contributed by atoms with E-state index in [1.807, 2.05) is 98.7 Å². The molecule has 0 N–H and O–H groups in total. The molecule has 38 heavy (non-hydrogen) atoms. The van der Waals surface area contributed by atoms with Gasteiger partial charge in [-0.05, 0) is 47.5 Å². The lowest BCUT2D eigenvalue weighted by molar-refractivity contribution is -0.389. The van der Waals surface area contributed by atoms with Crippen molar-refractivity contribution in [3.63, 3.8) is 0 Å². The summed E-state index contributed by atoms with van der Waals surface area (Å²) in [5.41, 5.74) is 3.96. The van der Waals surface area contributed by atoms with Gasteiger partial charge >= 0.3 is 0 Å². The first-order valence-electron chi connectivity index (χ1n) is 11.9. The SMILES string of the molecule is CN(C)c1ccc(C=CC=Cc2cc([N+](=O)[O-])c(C=CC=Cc3ccc(N(C)C)cc3)cc2[N+](=O)[O-])cc1. The molecule has 3 rings (SSSR count). The summed E-state index contributed by atoms with van der Waals surface area (Å²) in [6.45, 7) is 0. The van der Waals surface area contributed by atoms with E-state index >= 15 is 0 Å². The largest absolute Gasteiger partial charge is 0.378 e. The Morgan fingerprint density at radius 3 is 1.16 bits per heavy atom. The van der Waals surface area contributed by atoms with Crippen molar-refractivity contribution in [1.82, 2.24) is 0 Å². The second-order valence-electron chi connectivity index (χ2n) is 8.89. The van der Waals surface area contributed by atoms with Crippen molar-refractivity contribution < 1.29 is 9.85 Å². The quantitative estimate of drug-likeness (QED) is 0.164. The molecule has 0 aromatic heterocycles. The number of anilines is 2. The minimum absolute atomic E-state index is 0.156. The second-order valence-corrected chi connectivity index (χ2v) is 8.89. The van der Waals surface area contributed by atoms with Gasteiger partial charge in [-0.3, -0.25) is 20.2 Å². The summed E-state index contributed by atoms with van der Waals surface area (Å²) in [4.78, 5) is 26.4. The number of hydrogen-bond donors (Lipinski definition) is 0. The predicted molar refractivity (Wildman–Crippen MR) is 157 cm³/mol. The van der Waals surface area contributed by atoms with Crippen LogP contribution in [-0.4, -0.2) is 38.0 Å². The maximum atomic E-state index is 11.7. The van der Waals surface area contributed by atoms with Crippen molar-refractivity contribution in [3.05, 3.63) is 127 Å². The lowest BCUT2D eigenvalue weighted by Crippen LogP contribution is -2.07. The molecular weight excluding hydrogens is 480 g/mol. The lowest BCUT2D eigenvalue weighted by Gasteiger charge is -2.11. The van der Waals surface area contributed by atoms with Crippen LogP contribution in [-0.2, 0) is 0 Å². The average Bonchev–Trinajstić information content (AvgIpc) is 2.89. The normalized spacial score (nSPS) is 11.7. The average molecular weight is 511 g/mol. The Hall–Kier alpha value is -4.98. The van der Waals surface area contributed by atoms with E-state index < -0.39 is 9.85 Å². The molecule has 0 atom stereocenters. The van der Waals surface area contributed by atoms with Crippen molar-refractivity contribution in [2.24, 2.45) is 0 Å². The van der Waals surface area contributed by atoms with Crippen LogP contribution in [0.25, 0.3) is 24.3 Å². The van der Waals surface area contributed by atoms with Gasteiger partial charge in [-0.2, -0.15) is 0 Å². The lowest BCUT2D eigenvalue weighted by atomic mass is 10.0. The molecule has 0 unspecified atom stereocenters. The summed E-state index contributed by atoms with van der Waals surface area (Å²) in [6.07, 6.45) is 13.5. The van der Waals surface area contributed by atoms with Gasteiger partial charge in [-0.25, -0.2) is 0 Å². The van der Waals surface area contributed by atoms with Crippen LogP contribution in [0.1, 0.15) is 22.3 Å². The van der Waals surface area contributed by atoms with Gasteiger partial charge in [0.05, 0.1) is 21.0 Å². The smallest absolute Gasteiger partial charge is 0.277 e. The van der Waals surface area contributed by atoms with Crippen molar-refractivity contribution in [1.29, 1.82) is 0 Å². The summed E-state index contributed by atoms with van der Waals surface area (Å²) >= 11 is 0. The molecule has 0 aliphatic heterocycles. The fraction of sp³-hybridized carbons (Fsp3) is 0.133. The Morgan fingerprint density at radius 1 is 0.553 bits per heavy atom. The number of nitro groups is 2. The molecule has 0 bridgehead atoms. The molecule has 194 valence electrons. The predicted octanol–water partition coefficient (Wildman–Crippen LogP) is 7.09. The van der Waals surface area contributed by atoms with Crippen LogP contribution in [0.15, 0.2) is 85.0 Å². The van der Waals surface area contributed by atoms with Crippen molar-refractivity contribution in [2.75, 3.05) is 38.0 Å². The molecule has 0 radical (unpaired) electrons.